The van der Waals surface area contributed by atoms with Crippen molar-refractivity contribution in [3.63, 3.8) is 0 Å². The van der Waals surface area contributed by atoms with Crippen LogP contribution in [0.3, 0.4) is 0 Å². The minimum Gasteiger partial charge on any atom is -0.0642 e. The Hall–Kier alpha value is -6.24. The van der Waals surface area contributed by atoms with Crippen LogP contribution in [0.15, 0.2) is 133 Å². The Labute approximate surface area is 406 Å². The van der Waals surface area contributed by atoms with Crippen LogP contribution in [0.5, 0.6) is 0 Å². The van der Waals surface area contributed by atoms with E-state index in [1.54, 1.807) is 0 Å². The average molecular weight is 883 g/mol. The molecule has 68 heavy (non-hydrogen) atoms. The first kappa shape index (κ1) is 43.1. The van der Waals surface area contributed by atoms with Crippen LogP contribution in [0.1, 0.15) is 148 Å². The Kier molecular flexibility index (Phi) is 9.27. The molecule has 338 valence electrons. The molecule has 0 heterocycles. The molecule has 0 fully saturated rings. The molecule has 4 aliphatic carbocycles. The lowest BCUT2D eigenvalue weighted by atomic mass is 9.72. The highest BCUT2D eigenvalue weighted by molar-refractivity contribution is 5.92. The third kappa shape index (κ3) is 5.55. The molecule has 0 unspecified atom stereocenters. The van der Waals surface area contributed by atoms with Gasteiger partial charge < -0.3 is 0 Å². The molecule has 0 bridgehead atoms. The minimum absolute atomic E-state index is 0.0379. The van der Waals surface area contributed by atoms with Crippen LogP contribution in [0.4, 0.5) is 0 Å². The van der Waals surface area contributed by atoms with Gasteiger partial charge in [0.05, 0.1) is 0 Å². The summed E-state index contributed by atoms with van der Waals surface area (Å²) in [7, 11) is 0. The summed E-state index contributed by atoms with van der Waals surface area (Å²) < 4.78 is 0. The van der Waals surface area contributed by atoms with Gasteiger partial charge in [0.2, 0.25) is 0 Å². The van der Waals surface area contributed by atoms with Gasteiger partial charge in [-0.05, 0) is 229 Å². The van der Waals surface area contributed by atoms with Gasteiger partial charge in [-0.25, -0.2) is 0 Å². The fourth-order valence-electron chi connectivity index (χ4n) is 14.5. The molecular weight excluding hydrogens is 817 g/mol. The molecule has 0 heteroatoms. The second kappa shape index (κ2) is 14.6. The molecule has 0 spiro atoms. The fraction of sp³-hybridized carbons (Fsp3) is 0.294. The first-order valence-electron chi connectivity index (χ1n) is 25.7. The second-order valence-corrected chi connectivity index (χ2v) is 22.3. The maximum atomic E-state index is 2.58. The topological polar surface area (TPSA) is 0 Å². The molecule has 0 aromatic heterocycles. The SMILES string of the molecule is CCC1(CC)c2ccccc2-c2ccc(-c3cc4c(cc3C)-c3cc(C)c(-c5ccc6c(c5)C(CC)(CC)c5cc(-c7cc8c(cc7C)-c7cc(C)ccc7C8(C)C)ccc5-6)cc3C4(C)C)cc21. The van der Waals surface area contributed by atoms with Crippen LogP contribution < -0.4 is 0 Å². The quantitative estimate of drug-likeness (QED) is 0.150. The molecule has 0 saturated heterocycles. The summed E-state index contributed by atoms with van der Waals surface area (Å²) in [5.74, 6) is 0. The molecule has 8 aromatic rings. The van der Waals surface area contributed by atoms with E-state index in [0.717, 1.165) is 25.7 Å². The Bertz CT molecular complexity index is 3480. The summed E-state index contributed by atoms with van der Waals surface area (Å²) in [6.07, 6.45) is 4.32. The lowest BCUT2D eigenvalue weighted by molar-refractivity contribution is 0.490. The number of rotatable bonds is 7. The molecule has 12 rings (SSSR count). The first-order chi connectivity index (χ1) is 32.6. The first-order valence-corrected chi connectivity index (χ1v) is 25.7. The van der Waals surface area contributed by atoms with Crippen molar-refractivity contribution in [1.29, 1.82) is 0 Å². The van der Waals surface area contributed by atoms with Crippen LogP contribution in [0.2, 0.25) is 0 Å². The zero-order valence-electron chi connectivity index (χ0n) is 42.5. The van der Waals surface area contributed by atoms with Gasteiger partial charge in [-0.15, -0.1) is 0 Å². The molecule has 0 atom stereocenters. The molecule has 0 N–H and O–H groups in total. The fourth-order valence-corrected chi connectivity index (χ4v) is 14.5. The zero-order valence-corrected chi connectivity index (χ0v) is 42.5. The van der Waals surface area contributed by atoms with Crippen molar-refractivity contribution in [3.8, 4) is 77.9 Å². The van der Waals surface area contributed by atoms with Gasteiger partial charge in [0.15, 0.2) is 0 Å². The predicted molar refractivity (Wildman–Crippen MR) is 290 cm³/mol. The van der Waals surface area contributed by atoms with Gasteiger partial charge in [-0.2, -0.15) is 0 Å². The average Bonchev–Trinajstić information content (AvgIpc) is 3.93. The van der Waals surface area contributed by atoms with Gasteiger partial charge in [0, 0.05) is 21.7 Å². The van der Waals surface area contributed by atoms with E-state index in [2.05, 4.69) is 217 Å². The number of aryl methyl sites for hydroxylation is 4. The van der Waals surface area contributed by atoms with E-state index in [0.29, 0.717) is 0 Å². The van der Waals surface area contributed by atoms with E-state index in [-0.39, 0.29) is 21.7 Å². The largest absolute Gasteiger partial charge is 0.0642 e. The van der Waals surface area contributed by atoms with Crippen molar-refractivity contribution in [3.05, 3.63) is 200 Å². The minimum atomic E-state index is -0.147. The molecule has 0 saturated carbocycles. The number of benzene rings is 8. The van der Waals surface area contributed by atoms with Crippen molar-refractivity contribution in [2.24, 2.45) is 0 Å². The molecule has 4 aliphatic rings. The summed E-state index contributed by atoms with van der Waals surface area (Å²) >= 11 is 0. The molecule has 0 radical (unpaired) electrons. The lowest BCUT2D eigenvalue weighted by Crippen LogP contribution is -2.23. The highest BCUT2D eigenvalue weighted by atomic mass is 14.5. The van der Waals surface area contributed by atoms with Crippen LogP contribution in [0, 0.1) is 27.7 Å². The van der Waals surface area contributed by atoms with Crippen molar-refractivity contribution < 1.29 is 0 Å². The summed E-state index contributed by atoms with van der Waals surface area (Å²) in [6.45, 7) is 28.5. The monoisotopic (exact) mass is 883 g/mol. The van der Waals surface area contributed by atoms with Gasteiger partial charge in [0.25, 0.3) is 0 Å². The summed E-state index contributed by atoms with van der Waals surface area (Å²) in [5, 5.41) is 0. The Morgan fingerprint density at radius 2 is 0.632 bits per heavy atom. The maximum Gasteiger partial charge on any atom is 0.0210 e. The third-order valence-corrected chi connectivity index (χ3v) is 18.5. The van der Waals surface area contributed by atoms with E-state index in [1.165, 1.54) is 145 Å². The maximum absolute atomic E-state index is 2.58. The Morgan fingerprint density at radius 3 is 1.04 bits per heavy atom. The second-order valence-electron chi connectivity index (χ2n) is 22.3. The van der Waals surface area contributed by atoms with E-state index in [9.17, 15) is 0 Å². The van der Waals surface area contributed by atoms with Crippen LogP contribution in [-0.2, 0) is 21.7 Å². The molecule has 0 nitrogen and oxygen atoms in total. The van der Waals surface area contributed by atoms with Crippen molar-refractivity contribution in [2.45, 2.75) is 130 Å². The smallest absolute Gasteiger partial charge is 0.0210 e. The van der Waals surface area contributed by atoms with Crippen molar-refractivity contribution >= 4 is 0 Å². The molecular formula is C68H66. The van der Waals surface area contributed by atoms with E-state index < -0.39 is 0 Å². The van der Waals surface area contributed by atoms with Gasteiger partial charge >= 0.3 is 0 Å². The van der Waals surface area contributed by atoms with Crippen LogP contribution >= 0.6 is 0 Å². The summed E-state index contributed by atoms with van der Waals surface area (Å²) in [5.41, 5.74) is 36.1. The van der Waals surface area contributed by atoms with Crippen molar-refractivity contribution in [2.75, 3.05) is 0 Å². The van der Waals surface area contributed by atoms with Crippen LogP contribution in [-0.4, -0.2) is 0 Å². The van der Waals surface area contributed by atoms with E-state index in [4.69, 9.17) is 0 Å². The molecule has 8 aromatic carbocycles. The molecule has 0 amide bonds. The highest BCUT2D eigenvalue weighted by Gasteiger charge is 2.44. The summed E-state index contributed by atoms with van der Waals surface area (Å²) in [4.78, 5) is 0. The molecule has 0 aliphatic heterocycles. The predicted octanol–water partition coefficient (Wildman–Crippen LogP) is 18.7. The number of fused-ring (bicyclic) bond motifs is 12. The van der Waals surface area contributed by atoms with E-state index >= 15 is 0 Å². The van der Waals surface area contributed by atoms with Gasteiger partial charge in [0.1, 0.15) is 0 Å². The number of hydrogen-bond acceptors (Lipinski definition) is 0. The number of hydrogen-bond donors (Lipinski definition) is 0. The van der Waals surface area contributed by atoms with Crippen molar-refractivity contribution in [1.82, 2.24) is 0 Å². The standard InChI is InChI=1S/C68H66/c1-13-67(14-2)58-20-18-17-19-46(58)47-25-22-43(33-62(47)67)51-37-60-55(31-41(51)7)56-32-42(8)52(38-61(56)66(60,11)12)45-24-27-49-48-26-23-44(34-63(48)68(15-3,16-4)64(49)35-45)50-36-59-54(30-40(50)6)53-29-39(5)21-28-57(53)65(59,9)10/h17-38H,13-16H2,1-12H3. The lowest BCUT2D eigenvalue weighted by Gasteiger charge is -2.30. The Morgan fingerprint density at radius 1 is 0.279 bits per heavy atom. The third-order valence-electron chi connectivity index (χ3n) is 18.5. The van der Waals surface area contributed by atoms with Gasteiger partial charge in [-0.3, -0.25) is 0 Å². The normalized spacial score (nSPS) is 16.4. The van der Waals surface area contributed by atoms with Crippen LogP contribution in [0.25, 0.3) is 77.9 Å². The Balaban J connectivity index is 0.911. The summed E-state index contributed by atoms with van der Waals surface area (Å²) in [6, 6.07) is 53.4. The van der Waals surface area contributed by atoms with Gasteiger partial charge in [-0.1, -0.05) is 158 Å². The zero-order chi connectivity index (χ0) is 47.4. The van der Waals surface area contributed by atoms with E-state index in [1.807, 2.05) is 0 Å². The highest BCUT2D eigenvalue weighted by Crippen LogP contribution is 2.58.